The first kappa shape index (κ1) is 20.8. The maximum Gasteiger partial charge on any atom is 0.237 e. The van der Waals surface area contributed by atoms with Crippen LogP contribution in [-0.4, -0.2) is 30.9 Å². The predicted molar refractivity (Wildman–Crippen MR) is 130 cm³/mol. The second kappa shape index (κ2) is 8.13. The summed E-state index contributed by atoms with van der Waals surface area (Å²) in [5.41, 5.74) is 6.39. The number of rotatable bonds is 6. The van der Waals surface area contributed by atoms with Crippen molar-refractivity contribution in [2.24, 2.45) is 0 Å². The van der Waals surface area contributed by atoms with Gasteiger partial charge in [-0.3, -0.25) is 9.36 Å². The second-order valence-electron chi connectivity index (χ2n) is 8.68. The fraction of sp³-hybridized carbons (Fsp3) is 0.320. The zero-order valence-corrected chi connectivity index (χ0v) is 19.6. The van der Waals surface area contributed by atoms with Gasteiger partial charge in [-0.2, -0.15) is 0 Å². The van der Waals surface area contributed by atoms with Crippen LogP contribution in [0.2, 0.25) is 0 Å². The molecule has 1 fully saturated rings. The van der Waals surface area contributed by atoms with Gasteiger partial charge >= 0.3 is 0 Å². The number of hydrogen-bond donors (Lipinski definition) is 2. The molecule has 1 saturated carbocycles. The molecule has 5 rings (SSSR count). The zero-order valence-electron chi connectivity index (χ0n) is 18.8. The van der Waals surface area contributed by atoms with Gasteiger partial charge in [0.05, 0.1) is 5.25 Å². The molecular formula is C25H27N5OS. The number of aromatic nitrogens is 4. The van der Waals surface area contributed by atoms with E-state index < -0.39 is 0 Å². The number of carbonyl (C=O) groups is 1. The summed E-state index contributed by atoms with van der Waals surface area (Å²) in [5, 5.41) is 13.8. The van der Waals surface area contributed by atoms with Gasteiger partial charge in [0.25, 0.3) is 0 Å². The number of hydrogen-bond acceptors (Lipinski definition) is 4. The van der Waals surface area contributed by atoms with Gasteiger partial charge in [-0.05, 0) is 57.7 Å². The number of para-hydroxylation sites is 1. The van der Waals surface area contributed by atoms with E-state index in [1.54, 1.807) is 0 Å². The van der Waals surface area contributed by atoms with Crippen LogP contribution in [0.25, 0.3) is 22.3 Å². The third kappa shape index (κ3) is 3.81. The number of thioether (sulfide) groups is 1. The lowest BCUT2D eigenvalue weighted by molar-refractivity contribution is -0.115. The SMILES string of the molecule is Cc1cc(C)c(NC(=O)C(C)Sc2nnc(-c3c[nH]c4ccccc34)n2C2CC2)c(C)c1. The van der Waals surface area contributed by atoms with Crippen molar-refractivity contribution in [1.29, 1.82) is 0 Å². The topological polar surface area (TPSA) is 75.6 Å². The third-order valence-corrected chi connectivity index (χ3v) is 7.04. The van der Waals surface area contributed by atoms with Crippen LogP contribution < -0.4 is 5.32 Å². The summed E-state index contributed by atoms with van der Waals surface area (Å²) in [6.07, 6.45) is 4.23. The van der Waals surface area contributed by atoms with Crippen LogP contribution in [0.5, 0.6) is 0 Å². The molecule has 6 nitrogen and oxygen atoms in total. The molecule has 0 aliphatic heterocycles. The highest BCUT2D eigenvalue weighted by molar-refractivity contribution is 8.00. The van der Waals surface area contributed by atoms with Crippen LogP contribution in [0, 0.1) is 20.8 Å². The Hall–Kier alpha value is -3.06. The van der Waals surface area contributed by atoms with Crippen molar-refractivity contribution < 1.29 is 4.79 Å². The van der Waals surface area contributed by atoms with E-state index in [-0.39, 0.29) is 11.2 Å². The van der Waals surface area contributed by atoms with Crippen LogP contribution in [0.1, 0.15) is 42.5 Å². The van der Waals surface area contributed by atoms with Gasteiger partial charge in [-0.1, -0.05) is 47.7 Å². The van der Waals surface area contributed by atoms with Gasteiger partial charge in [0.1, 0.15) is 0 Å². The second-order valence-corrected chi connectivity index (χ2v) is 9.99. The van der Waals surface area contributed by atoms with Crippen molar-refractivity contribution in [3.8, 4) is 11.4 Å². The average Bonchev–Trinajstić information content (AvgIpc) is 3.37. The van der Waals surface area contributed by atoms with Gasteiger partial charge in [0.15, 0.2) is 11.0 Å². The number of benzene rings is 2. The highest BCUT2D eigenvalue weighted by atomic mass is 32.2. The van der Waals surface area contributed by atoms with Crippen molar-refractivity contribution in [2.45, 2.75) is 57.0 Å². The normalized spacial score (nSPS) is 14.6. The Labute approximate surface area is 191 Å². The average molecular weight is 446 g/mol. The molecular weight excluding hydrogens is 418 g/mol. The molecule has 1 atom stereocenters. The fourth-order valence-electron chi connectivity index (χ4n) is 4.27. The molecule has 0 spiro atoms. The Morgan fingerprint density at radius 1 is 1.16 bits per heavy atom. The quantitative estimate of drug-likeness (QED) is 0.368. The van der Waals surface area contributed by atoms with E-state index in [4.69, 9.17) is 0 Å². The summed E-state index contributed by atoms with van der Waals surface area (Å²) < 4.78 is 2.21. The molecule has 7 heteroatoms. The van der Waals surface area contributed by atoms with E-state index in [0.717, 1.165) is 57.1 Å². The number of anilines is 1. The number of carbonyl (C=O) groups excluding carboxylic acids is 1. The highest BCUT2D eigenvalue weighted by Crippen LogP contribution is 2.43. The van der Waals surface area contributed by atoms with Crippen LogP contribution in [0.15, 0.2) is 47.8 Å². The Morgan fingerprint density at radius 3 is 2.59 bits per heavy atom. The van der Waals surface area contributed by atoms with Crippen LogP contribution in [-0.2, 0) is 4.79 Å². The number of fused-ring (bicyclic) bond motifs is 1. The number of nitrogens with zero attached hydrogens (tertiary/aromatic N) is 3. The Bertz CT molecular complexity index is 1290. The molecule has 4 aromatic rings. The largest absolute Gasteiger partial charge is 0.360 e. The molecule has 32 heavy (non-hydrogen) atoms. The lowest BCUT2D eigenvalue weighted by Gasteiger charge is -2.16. The Kier molecular flexibility index (Phi) is 5.29. The summed E-state index contributed by atoms with van der Waals surface area (Å²) in [6, 6.07) is 12.8. The standard InChI is InChI=1S/C25H27N5OS/c1-14-11-15(2)22(16(3)12-14)27-24(31)17(4)32-25-29-28-23(30(25)18-9-10-18)20-13-26-21-8-6-5-7-19(20)21/h5-8,11-13,17-18,26H,9-10H2,1-4H3,(H,27,31). The molecule has 2 N–H and O–H groups in total. The molecule has 1 aliphatic rings. The van der Waals surface area contributed by atoms with E-state index in [1.807, 2.05) is 39.1 Å². The van der Waals surface area contributed by atoms with E-state index in [0.29, 0.717) is 6.04 Å². The van der Waals surface area contributed by atoms with Crippen molar-refractivity contribution >= 4 is 34.3 Å². The van der Waals surface area contributed by atoms with Gasteiger partial charge in [0.2, 0.25) is 5.91 Å². The minimum absolute atomic E-state index is 0.0240. The molecule has 2 aromatic heterocycles. The lowest BCUT2D eigenvalue weighted by Crippen LogP contribution is -2.24. The number of aromatic amines is 1. The lowest BCUT2D eigenvalue weighted by atomic mass is 10.1. The minimum atomic E-state index is -0.298. The van der Waals surface area contributed by atoms with Crippen molar-refractivity contribution in [2.75, 3.05) is 5.32 Å². The zero-order chi connectivity index (χ0) is 22.4. The first-order chi connectivity index (χ1) is 15.4. The molecule has 164 valence electrons. The molecule has 1 unspecified atom stereocenters. The fourth-order valence-corrected chi connectivity index (χ4v) is 5.19. The number of amides is 1. The summed E-state index contributed by atoms with van der Waals surface area (Å²) in [5.74, 6) is 0.842. The first-order valence-corrected chi connectivity index (χ1v) is 11.9. The number of nitrogens with one attached hydrogen (secondary N) is 2. The monoisotopic (exact) mass is 445 g/mol. The number of aryl methyl sites for hydroxylation is 3. The maximum absolute atomic E-state index is 13.0. The van der Waals surface area contributed by atoms with Gasteiger partial charge < -0.3 is 10.3 Å². The van der Waals surface area contributed by atoms with Gasteiger partial charge in [-0.15, -0.1) is 10.2 Å². The summed E-state index contributed by atoms with van der Waals surface area (Å²) in [6.45, 7) is 8.06. The number of H-pyrrole nitrogens is 1. The maximum atomic E-state index is 13.0. The smallest absolute Gasteiger partial charge is 0.237 e. The van der Waals surface area contributed by atoms with Crippen LogP contribution in [0.4, 0.5) is 5.69 Å². The van der Waals surface area contributed by atoms with Gasteiger partial charge in [-0.25, -0.2) is 0 Å². The molecule has 2 aromatic carbocycles. The summed E-state index contributed by atoms with van der Waals surface area (Å²) in [7, 11) is 0. The molecule has 0 saturated heterocycles. The van der Waals surface area contributed by atoms with E-state index in [9.17, 15) is 4.79 Å². The van der Waals surface area contributed by atoms with Crippen LogP contribution >= 0.6 is 11.8 Å². The Morgan fingerprint density at radius 2 is 1.88 bits per heavy atom. The molecule has 2 heterocycles. The molecule has 1 aliphatic carbocycles. The predicted octanol–water partition coefficient (Wildman–Crippen LogP) is 5.81. The molecule has 0 radical (unpaired) electrons. The summed E-state index contributed by atoms with van der Waals surface area (Å²) >= 11 is 1.47. The van der Waals surface area contributed by atoms with E-state index in [1.165, 1.54) is 17.3 Å². The van der Waals surface area contributed by atoms with E-state index in [2.05, 4.69) is 56.3 Å². The van der Waals surface area contributed by atoms with Crippen LogP contribution in [0.3, 0.4) is 0 Å². The van der Waals surface area contributed by atoms with Crippen molar-refractivity contribution in [3.05, 3.63) is 59.3 Å². The van der Waals surface area contributed by atoms with E-state index >= 15 is 0 Å². The summed E-state index contributed by atoms with van der Waals surface area (Å²) in [4.78, 5) is 16.4. The first-order valence-electron chi connectivity index (χ1n) is 11.0. The van der Waals surface area contributed by atoms with Crippen molar-refractivity contribution in [3.63, 3.8) is 0 Å². The van der Waals surface area contributed by atoms with Gasteiger partial charge in [0, 0.05) is 34.4 Å². The molecule has 1 amide bonds. The molecule has 0 bridgehead atoms. The Balaban J connectivity index is 1.41. The minimum Gasteiger partial charge on any atom is -0.360 e. The highest BCUT2D eigenvalue weighted by Gasteiger charge is 2.32. The van der Waals surface area contributed by atoms with Crippen molar-refractivity contribution in [1.82, 2.24) is 19.7 Å². The third-order valence-electron chi connectivity index (χ3n) is 5.98.